The van der Waals surface area contributed by atoms with E-state index in [0.717, 1.165) is 6.54 Å². The molecule has 0 aliphatic heterocycles. The van der Waals surface area contributed by atoms with E-state index in [1.165, 1.54) is 17.5 Å². The number of thiophene rings is 1. The van der Waals surface area contributed by atoms with E-state index in [0.29, 0.717) is 6.54 Å². The van der Waals surface area contributed by atoms with E-state index in [-0.39, 0.29) is 5.75 Å². The van der Waals surface area contributed by atoms with Crippen LogP contribution in [0, 0.1) is 6.92 Å². The molecular formula is C9H16N2O2S2. The Kier molecular flexibility index (Phi) is 4.72. The van der Waals surface area contributed by atoms with Crippen LogP contribution in [-0.2, 0) is 16.6 Å². The van der Waals surface area contributed by atoms with Crippen molar-refractivity contribution in [3.8, 4) is 0 Å². The third-order valence-corrected chi connectivity index (χ3v) is 4.50. The van der Waals surface area contributed by atoms with Gasteiger partial charge in [-0.25, -0.2) is 13.1 Å². The van der Waals surface area contributed by atoms with Gasteiger partial charge in [0.15, 0.2) is 0 Å². The summed E-state index contributed by atoms with van der Waals surface area (Å²) in [7, 11) is -1.65. The van der Waals surface area contributed by atoms with Crippen LogP contribution in [0.3, 0.4) is 0 Å². The van der Waals surface area contributed by atoms with Crippen molar-refractivity contribution in [1.29, 1.82) is 0 Å². The fraction of sp³-hybridized carbons (Fsp3) is 0.556. The first-order valence-electron chi connectivity index (χ1n) is 4.70. The fourth-order valence-corrected chi connectivity index (χ4v) is 2.59. The van der Waals surface area contributed by atoms with Crippen LogP contribution in [0.25, 0.3) is 0 Å². The molecule has 1 rings (SSSR count). The van der Waals surface area contributed by atoms with Gasteiger partial charge in [-0.05, 0) is 31.0 Å². The molecule has 0 aromatic carbocycles. The van der Waals surface area contributed by atoms with Gasteiger partial charge in [-0.1, -0.05) is 0 Å². The van der Waals surface area contributed by atoms with Crippen LogP contribution in [0.2, 0.25) is 0 Å². The minimum Gasteiger partial charge on any atom is -0.311 e. The molecule has 6 heteroatoms. The molecule has 1 heterocycles. The molecule has 0 aliphatic rings. The number of nitrogens with one attached hydrogen (secondary N) is 2. The third kappa shape index (κ3) is 4.29. The van der Waals surface area contributed by atoms with E-state index in [2.05, 4.69) is 23.0 Å². The molecule has 0 saturated heterocycles. The Balaban J connectivity index is 2.26. The molecule has 0 saturated carbocycles. The molecule has 0 aliphatic carbocycles. The highest BCUT2D eigenvalue weighted by atomic mass is 32.2. The van der Waals surface area contributed by atoms with Crippen LogP contribution in [0.15, 0.2) is 11.4 Å². The smallest absolute Gasteiger partial charge is 0.212 e. The Morgan fingerprint density at radius 3 is 2.73 bits per heavy atom. The average Bonchev–Trinajstić information content (AvgIpc) is 2.59. The first kappa shape index (κ1) is 12.6. The predicted molar refractivity (Wildman–Crippen MR) is 63.6 cm³/mol. The molecule has 0 fully saturated rings. The van der Waals surface area contributed by atoms with Crippen LogP contribution in [0.1, 0.15) is 10.4 Å². The van der Waals surface area contributed by atoms with Crippen molar-refractivity contribution in [2.24, 2.45) is 0 Å². The van der Waals surface area contributed by atoms with Crippen molar-refractivity contribution in [2.45, 2.75) is 13.5 Å². The molecule has 0 atom stereocenters. The van der Waals surface area contributed by atoms with Crippen LogP contribution in [0.4, 0.5) is 0 Å². The summed E-state index contributed by atoms with van der Waals surface area (Å²) in [6, 6.07) is 2.06. The maximum Gasteiger partial charge on any atom is 0.212 e. The van der Waals surface area contributed by atoms with Gasteiger partial charge in [0.05, 0.1) is 5.75 Å². The van der Waals surface area contributed by atoms with Gasteiger partial charge in [-0.3, -0.25) is 0 Å². The molecule has 15 heavy (non-hydrogen) atoms. The third-order valence-electron chi connectivity index (χ3n) is 2.11. The zero-order chi connectivity index (χ0) is 11.3. The summed E-state index contributed by atoms with van der Waals surface area (Å²) in [4.78, 5) is 1.26. The summed E-state index contributed by atoms with van der Waals surface area (Å²) in [5.74, 6) is 0.119. The molecule has 86 valence electrons. The summed E-state index contributed by atoms with van der Waals surface area (Å²) < 4.78 is 24.4. The highest BCUT2D eigenvalue weighted by Crippen LogP contribution is 2.14. The predicted octanol–water partition coefficient (Wildman–Crippen LogP) is 0.695. The molecule has 4 nitrogen and oxygen atoms in total. The lowest BCUT2D eigenvalue weighted by Crippen LogP contribution is -2.29. The SMILES string of the molecule is CNS(=O)(=O)CCNCc1sccc1C. The van der Waals surface area contributed by atoms with Crippen molar-refractivity contribution >= 4 is 21.4 Å². The van der Waals surface area contributed by atoms with E-state index in [9.17, 15) is 8.42 Å². The topological polar surface area (TPSA) is 58.2 Å². The van der Waals surface area contributed by atoms with Gasteiger partial charge >= 0.3 is 0 Å². The molecule has 0 bridgehead atoms. The monoisotopic (exact) mass is 248 g/mol. The van der Waals surface area contributed by atoms with Gasteiger partial charge in [0.1, 0.15) is 0 Å². The van der Waals surface area contributed by atoms with Gasteiger partial charge < -0.3 is 5.32 Å². The highest BCUT2D eigenvalue weighted by Gasteiger charge is 2.05. The second kappa shape index (κ2) is 5.60. The van der Waals surface area contributed by atoms with E-state index < -0.39 is 10.0 Å². The number of rotatable bonds is 6. The van der Waals surface area contributed by atoms with Gasteiger partial charge in [-0.2, -0.15) is 0 Å². The van der Waals surface area contributed by atoms with Gasteiger partial charge in [0.25, 0.3) is 0 Å². The largest absolute Gasteiger partial charge is 0.311 e. The van der Waals surface area contributed by atoms with Crippen molar-refractivity contribution in [2.75, 3.05) is 19.3 Å². The summed E-state index contributed by atoms with van der Waals surface area (Å²) in [5, 5.41) is 5.15. The van der Waals surface area contributed by atoms with Gasteiger partial charge in [0, 0.05) is 18.0 Å². The summed E-state index contributed by atoms with van der Waals surface area (Å²) in [6.45, 7) is 3.26. The van der Waals surface area contributed by atoms with Crippen molar-refractivity contribution in [3.05, 3.63) is 21.9 Å². The second-order valence-electron chi connectivity index (χ2n) is 3.23. The van der Waals surface area contributed by atoms with Crippen LogP contribution in [-0.4, -0.2) is 27.8 Å². The maximum absolute atomic E-state index is 11.1. The quantitative estimate of drug-likeness (QED) is 0.728. The first-order valence-corrected chi connectivity index (χ1v) is 7.23. The van der Waals surface area contributed by atoms with Gasteiger partial charge in [-0.15, -0.1) is 11.3 Å². The zero-order valence-electron chi connectivity index (χ0n) is 8.91. The van der Waals surface area contributed by atoms with Crippen LogP contribution >= 0.6 is 11.3 Å². The summed E-state index contributed by atoms with van der Waals surface area (Å²) >= 11 is 1.69. The fourth-order valence-electron chi connectivity index (χ4n) is 1.10. The molecule has 1 aromatic heterocycles. The van der Waals surface area contributed by atoms with E-state index in [1.54, 1.807) is 11.3 Å². The Labute approximate surface area is 94.8 Å². The number of hydrogen-bond acceptors (Lipinski definition) is 4. The van der Waals surface area contributed by atoms with Crippen LogP contribution < -0.4 is 10.0 Å². The minimum atomic E-state index is -3.08. The molecule has 0 amide bonds. The van der Waals surface area contributed by atoms with E-state index in [1.807, 2.05) is 5.38 Å². The van der Waals surface area contributed by atoms with Gasteiger partial charge in [0.2, 0.25) is 10.0 Å². The number of hydrogen-bond donors (Lipinski definition) is 2. The first-order chi connectivity index (χ1) is 7.05. The molecule has 1 aromatic rings. The van der Waals surface area contributed by atoms with Crippen LogP contribution in [0.5, 0.6) is 0 Å². The second-order valence-corrected chi connectivity index (χ2v) is 6.27. The Hall–Kier alpha value is -0.430. The lowest BCUT2D eigenvalue weighted by Gasteiger charge is -2.04. The maximum atomic E-state index is 11.1. The molecular weight excluding hydrogens is 232 g/mol. The van der Waals surface area contributed by atoms with E-state index in [4.69, 9.17) is 0 Å². The van der Waals surface area contributed by atoms with E-state index >= 15 is 0 Å². The highest BCUT2D eigenvalue weighted by molar-refractivity contribution is 7.89. The Morgan fingerprint density at radius 2 is 2.20 bits per heavy atom. The Morgan fingerprint density at radius 1 is 1.47 bits per heavy atom. The summed E-state index contributed by atoms with van der Waals surface area (Å²) in [6.07, 6.45) is 0. The Bertz CT molecular complexity index is 398. The van der Waals surface area contributed by atoms with Crippen molar-refractivity contribution < 1.29 is 8.42 Å². The standard InChI is InChI=1S/C9H16N2O2S2/c1-8-3-5-14-9(8)7-11-4-6-15(12,13)10-2/h3,5,10-11H,4,6-7H2,1-2H3. The summed E-state index contributed by atoms with van der Waals surface area (Å²) in [5.41, 5.74) is 1.25. The number of sulfonamides is 1. The average molecular weight is 248 g/mol. The lowest BCUT2D eigenvalue weighted by atomic mass is 10.3. The molecule has 0 unspecified atom stereocenters. The number of aryl methyl sites for hydroxylation is 1. The normalized spacial score (nSPS) is 11.9. The minimum absolute atomic E-state index is 0.119. The molecule has 0 spiro atoms. The lowest BCUT2D eigenvalue weighted by molar-refractivity contribution is 0.583. The zero-order valence-corrected chi connectivity index (χ0v) is 10.5. The van der Waals surface area contributed by atoms with Crippen molar-refractivity contribution in [3.63, 3.8) is 0 Å². The van der Waals surface area contributed by atoms with Crippen molar-refractivity contribution in [1.82, 2.24) is 10.0 Å². The molecule has 2 N–H and O–H groups in total. The molecule has 0 radical (unpaired) electrons.